The molecule has 0 saturated carbocycles. The molecule has 0 aliphatic carbocycles. The second-order valence-electron chi connectivity index (χ2n) is 5.22. The predicted octanol–water partition coefficient (Wildman–Crippen LogP) is 1.38. The number of rotatable bonds is 1. The lowest BCUT2D eigenvalue weighted by Crippen LogP contribution is -2.37. The second kappa shape index (κ2) is 5.44. The van der Waals surface area contributed by atoms with Crippen molar-refractivity contribution in [1.29, 1.82) is 0 Å². The summed E-state index contributed by atoms with van der Waals surface area (Å²) in [4.78, 5) is 25.8. The van der Waals surface area contributed by atoms with Crippen LogP contribution < -0.4 is 11.1 Å². The quantitative estimate of drug-likeness (QED) is 0.776. The van der Waals surface area contributed by atoms with Gasteiger partial charge in [0.25, 0.3) is 5.91 Å². The summed E-state index contributed by atoms with van der Waals surface area (Å²) in [5.41, 5.74) is 6.93. The highest BCUT2D eigenvalue weighted by Gasteiger charge is 2.22. The van der Waals surface area contributed by atoms with Crippen LogP contribution >= 0.6 is 0 Å². The standard InChI is InChI=1S/C16H17N3O2/c17-14-9-12-5-2-1-4-11(12)8-13(14)16(21)19-7-3-6-18-15(20)10-19/h1-2,4-5,8-9H,3,6-7,10,17H2,(H,18,20). The summed E-state index contributed by atoms with van der Waals surface area (Å²) in [5, 5.41) is 4.73. The molecule has 0 unspecified atom stereocenters. The molecule has 2 amide bonds. The van der Waals surface area contributed by atoms with Gasteiger partial charge in [0, 0.05) is 18.8 Å². The number of nitrogens with two attached hydrogens (primary N) is 1. The lowest BCUT2D eigenvalue weighted by Gasteiger charge is -2.20. The number of amides is 2. The molecular formula is C16H17N3O2. The van der Waals surface area contributed by atoms with Crippen molar-refractivity contribution in [3.8, 4) is 0 Å². The molecule has 2 aromatic carbocycles. The molecular weight excluding hydrogens is 266 g/mol. The first-order valence-electron chi connectivity index (χ1n) is 6.99. The van der Waals surface area contributed by atoms with Crippen molar-refractivity contribution in [2.24, 2.45) is 0 Å². The van der Waals surface area contributed by atoms with E-state index >= 15 is 0 Å². The minimum atomic E-state index is -0.185. The number of benzene rings is 2. The van der Waals surface area contributed by atoms with Crippen LogP contribution in [0.3, 0.4) is 0 Å². The zero-order chi connectivity index (χ0) is 14.8. The zero-order valence-electron chi connectivity index (χ0n) is 11.6. The van der Waals surface area contributed by atoms with Crippen molar-refractivity contribution in [3.63, 3.8) is 0 Å². The maximum Gasteiger partial charge on any atom is 0.256 e. The summed E-state index contributed by atoms with van der Waals surface area (Å²) < 4.78 is 0. The fourth-order valence-corrected chi connectivity index (χ4v) is 2.59. The molecule has 1 heterocycles. The van der Waals surface area contributed by atoms with Gasteiger partial charge in [-0.25, -0.2) is 0 Å². The molecule has 0 spiro atoms. The van der Waals surface area contributed by atoms with Gasteiger partial charge in [-0.2, -0.15) is 0 Å². The number of carbonyl (C=O) groups is 2. The number of hydrogen-bond donors (Lipinski definition) is 2. The monoisotopic (exact) mass is 283 g/mol. The number of nitrogens with one attached hydrogen (secondary N) is 1. The van der Waals surface area contributed by atoms with Crippen LogP contribution in [0.2, 0.25) is 0 Å². The fraction of sp³-hybridized carbons (Fsp3) is 0.250. The highest BCUT2D eigenvalue weighted by atomic mass is 16.2. The number of hydrogen-bond acceptors (Lipinski definition) is 3. The number of nitrogen functional groups attached to an aromatic ring is 1. The van der Waals surface area contributed by atoms with Crippen LogP contribution in [0, 0.1) is 0 Å². The van der Waals surface area contributed by atoms with Crippen molar-refractivity contribution in [3.05, 3.63) is 42.0 Å². The zero-order valence-corrected chi connectivity index (χ0v) is 11.6. The molecule has 1 aliphatic rings. The minimum Gasteiger partial charge on any atom is -0.398 e. The molecule has 0 aromatic heterocycles. The second-order valence-corrected chi connectivity index (χ2v) is 5.22. The van der Waals surface area contributed by atoms with E-state index in [4.69, 9.17) is 5.73 Å². The highest BCUT2D eigenvalue weighted by molar-refractivity contribution is 6.04. The summed E-state index contributed by atoms with van der Waals surface area (Å²) in [7, 11) is 0. The summed E-state index contributed by atoms with van der Waals surface area (Å²) in [6.45, 7) is 1.25. The van der Waals surface area contributed by atoms with E-state index < -0.39 is 0 Å². The van der Waals surface area contributed by atoms with Crippen LogP contribution in [0.1, 0.15) is 16.8 Å². The number of nitrogens with zero attached hydrogens (tertiary/aromatic N) is 1. The Morgan fingerprint density at radius 2 is 1.90 bits per heavy atom. The summed E-state index contributed by atoms with van der Waals surface area (Å²) in [6.07, 6.45) is 0.755. The molecule has 21 heavy (non-hydrogen) atoms. The third-order valence-corrected chi connectivity index (χ3v) is 3.70. The number of anilines is 1. The largest absolute Gasteiger partial charge is 0.398 e. The first-order chi connectivity index (χ1) is 10.1. The van der Waals surface area contributed by atoms with E-state index in [9.17, 15) is 9.59 Å². The van der Waals surface area contributed by atoms with Crippen LogP contribution in [0.5, 0.6) is 0 Å². The molecule has 0 radical (unpaired) electrons. The van der Waals surface area contributed by atoms with Crippen LogP contribution in [0.4, 0.5) is 5.69 Å². The van der Waals surface area contributed by atoms with Crippen molar-refractivity contribution in [2.75, 3.05) is 25.4 Å². The van der Waals surface area contributed by atoms with Gasteiger partial charge in [0.05, 0.1) is 12.1 Å². The van der Waals surface area contributed by atoms with Gasteiger partial charge in [0.1, 0.15) is 0 Å². The van der Waals surface area contributed by atoms with Gasteiger partial charge >= 0.3 is 0 Å². The van der Waals surface area contributed by atoms with Crippen LogP contribution in [0.25, 0.3) is 10.8 Å². The third kappa shape index (κ3) is 2.67. The van der Waals surface area contributed by atoms with Gasteiger partial charge in [-0.3, -0.25) is 9.59 Å². The van der Waals surface area contributed by atoms with Gasteiger partial charge in [-0.15, -0.1) is 0 Å². The molecule has 3 rings (SSSR count). The van der Waals surface area contributed by atoms with Gasteiger partial charge in [-0.05, 0) is 29.3 Å². The molecule has 3 N–H and O–H groups in total. The maximum atomic E-state index is 12.6. The normalized spacial score (nSPS) is 15.6. The summed E-state index contributed by atoms with van der Waals surface area (Å²) in [6, 6.07) is 11.4. The molecule has 0 bridgehead atoms. The smallest absolute Gasteiger partial charge is 0.256 e. The van der Waals surface area contributed by atoms with Gasteiger partial charge < -0.3 is 16.0 Å². The van der Waals surface area contributed by atoms with Crippen molar-refractivity contribution in [2.45, 2.75) is 6.42 Å². The molecule has 1 saturated heterocycles. The topological polar surface area (TPSA) is 75.4 Å². The molecule has 5 heteroatoms. The van der Waals surface area contributed by atoms with E-state index in [-0.39, 0.29) is 18.4 Å². The molecule has 1 aliphatic heterocycles. The average molecular weight is 283 g/mol. The number of carbonyl (C=O) groups excluding carboxylic acids is 2. The highest BCUT2D eigenvalue weighted by Crippen LogP contribution is 2.23. The van der Waals surface area contributed by atoms with E-state index in [1.54, 1.807) is 17.0 Å². The van der Waals surface area contributed by atoms with E-state index in [2.05, 4.69) is 5.32 Å². The summed E-state index contributed by atoms with van der Waals surface area (Å²) in [5.74, 6) is -0.310. The first-order valence-corrected chi connectivity index (χ1v) is 6.99. The maximum absolute atomic E-state index is 12.6. The Balaban J connectivity index is 1.96. The van der Waals surface area contributed by atoms with Gasteiger partial charge in [0.15, 0.2) is 0 Å². The van der Waals surface area contributed by atoms with Crippen LogP contribution in [0.15, 0.2) is 36.4 Å². The Labute approximate surface area is 122 Å². The molecule has 0 atom stereocenters. The Kier molecular flexibility index (Phi) is 3.48. The minimum absolute atomic E-state index is 0.0884. The molecule has 108 valence electrons. The van der Waals surface area contributed by atoms with E-state index in [1.807, 2.05) is 24.3 Å². The predicted molar refractivity (Wildman–Crippen MR) is 81.9 cm³/mol. The van der Waals surface area contributed by atoms with E-state index in [1.165, 1.54) is 0 Å². The van der Waals surface area contributed by atoms with Crippen LogP contribution in [-0.4, -0.2) is 36.3 Å². The van der Waals surface area contributed by atoms with Gasteiger partial charge in [-0.1, -0.05) is 24.3 Å². The Hall–Kier alpha value is -2.56. The summed E-state index contributed by atoms with van der Waals surface area (Å²) >= 11 is 0. The average Bonchev–Trinajstić information content (AvgIpc) is 2.70. The Morgan fingerprint density at radius 3 is 2.67 bits per heavy atom. The fourth-order valence-electron chi connectivity index (χ4n) is 2.59. The van der Waals surface area contributed by atoms with Gasteiger partial charge in [0.2, 0.25) is 5.91 Å². The molecule has 5 nitrogen and oxygen atoms in total. The number of fused-ring (bicyclic) bond motifs is 1. The molecule has 1 fully saturated rings. The van der Waals surface area contributed by atoms with E-state index in [0.717, 1.165) is 17.2 Å². The van der Waals surface area contributed by atoms with Crippen molar-refractivity contribution >= 4 is 28.3 Å². The molecule has 2 aromatic rings. The lowest BCUT2D eigenvalue weighted by atomic mass is 10.0. The van der Waals surface area contributed by atoms with Crippen molar-refractivity contribution in [1.82, 2.24) is 10.2 Å². The first kappa shape index (κ1) is 13.4. The van der Waals surface area contributed by atoms with E-state index in [0.29, 0.717) is 24.3 Å². The van der Waals surface area contributed by atoms with Crippen molar-refractivity contribution < 1.29 is 9.59 Å². The Bertz CT molecular complexity index is 712. The van der Waals surface area contributed by atoms with Crippen LogP contribution in [-0.2, 0) is 4.79 Å². The third-order valence-electron chi connectivity index (χ3n) is 3.70. The SMILES string of the molecule is Nc1cc2ccccc2cc1C(=O)N1CCCNC(=O)C1. The lowest BCUT2D eigenvalue weighted by molar-refractivity contribution is -0.121. The Morgan fingerprint density at radius 1 is 1.19 bits per heavy atom.